The van der Waals surface area contributed by atoms with Gasteiger partial charge in [-0.2, -0.15) is 0 Å². The molecule has 0 saturated carbocycles. The molecule has 3 N–H and O–H groups in total. The van der Waals surface area contributed by atoms with Gasteiger partial charge in [0.25, 0.3) is 0 Å². The first kappa shape index (κ1) is 9.29. The fourth-order valence-electron chi connectivity index (χ4n) is 1.01. The van der Waals surface area contributed by atoms with Crippen LogP contribution in [-0.4, -0.2) is 32.7 Å². The van der Waals surface area contributed by atoms with Gasteiger partial charge >= 0.3 is 0 Å². The second kappa shape index (κ2) is 6.88. The molecule has 0 aromatic heterocycles. The van der Waals surface area contributed by atoms with Crippen molar-refractivity contribution >= 4 is 0 Å². The summed E-state index contributed by atoms with van der Waals surface area (Å²) in [5.41, 5.74) is 0. The molecule has 0 atom stereocenters. The van der Waals surface area contributed by atoms with E-state index < -0.39 is 0 Å². The standard InChI is InChI=1S/C5H7N.C4H10N2/c1-2-4-6-5-3-1;1-2-6-4-3-5-1/h1-4,6H,5H2;5-6H,1-4H2. The summed E-state index contributed by atoms with van der Waals surface area (Å²) in [6.07, 6.45) is 8.00. The highest BCUT2D eigenvalue weighted by Gasteiger charge is 1.91. The first-order valence-corrected chi connectivity index (χ1v) is 4.46. The normalized spacial score (nSPS) is 20.7. The van der Waals surface area contributed by atoms with E-state index in [2.05, 4.69) is 22.0 Å². The van der Waals surface area contributed by atoms with Crippen molar-refractivity contribution in [3.63, 3.8) is 0 Å². The van der Waals surface area contributed by atoms with Crippen molar-refractivity contribution in [2.24, 2.45) is 0 Å². The first-order chi connectivity index (χ1) is 6.00. The summed E-state index contributed by atoms with van der Waals surface area (Å²) in [6, 6.07) is 0. The van der Waals surface area contributed by atoms with Crippen LogP contribution in [0.15, 0.2) is 24.4 Å². The van der Waals surface area contributed by atoms with Gasteiger partial charge in [0.05, 0.1) is 0 Å². The van der Waals surface area contributed by atoms with Gasteiger partial charge in [0, 0.05) is 32.7 Å². The highest BCUT2D eigenvalue weighted by molar-refractivity contribution is 5.06. The maximum Gasteiger partial charge on any atom is 0.0328 e. The second-order valence-electron chi connectivity index (χ2n) is 2.70. The minimum absolute atomic E-state index is 0.983. The van der Waals surface area contributed by atoms with E-state index in [-0.39, 0.29) is 0 Å². The number of dihydropyridines is 1. The minimum atomic E-state index is 0.983. The molecule has 0 unspecified atom stereocenters. The van der Waals surface area contributed by atoms with Crippen molar-refractivity contribution in [3.05, 3.63) is 24.4 Å². The summed E-state index contributed by atoms with van der Waals surface area (Å²) in [5.74, 6) is 0. The average Bonchev–Trinajstić information content (AvgIpc) is 2.24. The molecule has 2 aliphatic rings. The van der Waals surface area contributed by atoms with E-state index in [9.17, 15) is 0 Å². The molecule has 3 heteroatoms. The second-order valence-corrected chi connectivity index (χ2v) is 2.70. The molecule has 0 amide bonds. The lowest BCUT2D eigenvalue weighted by molar-refractivity contribution is 0.534. The molecule has 2 heterocycles. The van der Waals surface area contributed by atoms with Crippen LogP contribution >= 0.6 is 0 Å². The Morgan fingerprint density at radius 3 is 1.67 bits per heavy atom. The van der Waals surface area contributed by atoms with Gasteiger partial charge in [-0.3, -0.25) is 0 Å². The number of rotatable bonds is 0. The molecule has 3 nitrogen and oxygen atoms in total. The lowest BCUT2D eigenvalue weighted by Gasteiger charge is -2.11. The monoisotopic (exact) mass is 167 g/mol. The van der Waals surface area contributed by atoms with Crippen LogP contribution in [0.1, 0.15) is 0 Å². The lowest BCUT2D eigenvalue weighted by atomic mass is 10.4. The zero-order valence-electron chi connectivity index (χ0n) is 7.34. The Balaban J connectivity index is 0.000000120. The SMILES string of the molecule is C1=CCNC=C1.C1CNCCN1. The van der Waals surface area contributed by atoms with Crippen LogP contribution in [0.3, 0.4) is 0 Å². The molecule has 0 radical (unpaired) electrons. The lowest BCUT2D eigenvalue weighted by Crippen LogP contribution is -2.39. The third-order valence-corrected chi connectivity index (χ3v) is 1.65. The van der Waals surface area contributed by atoms with E-state index in [0.717, 1.165) is 32.7 Å². The number of hydrogen-bond donors (Lipinski definition) is 3. The summed E-state index contributed by atoms with van der Waals surface area (Å²) in [7, 11) is 0. The molecule has 0 aromatic rings. The van der Waals surface area contributed by atoms with Crippen LogP contribution < -0.4 is 16.0 Å². The highest BCUT2D eigenvalue weighted by Crippen LogP contribution is 1.78. The van der Waals surface area contributed by atoms with E-state index in [0.29, 0.717) is 0 Å². The third-order valence-electron chi connectivity index (χ3n) is 1.65. The largest absolute Gasteiger partial charge is 0.387 e. The number of hydrogen-bond acceptors (Lipinski definition) is 3. The zero-order chi connectivity index (χ0) is 8.49. The van der Waals surface area contributed by atoms with E-state index >= 15 is 0 Å². The fraction of sp³-hybridized carbons (Fsp3) is 0.556. The van der Waals surface area contributed by atoms with Gasteiger partial charge in [0.15, 0.2) is 0 Å². The van der Waals surface area contributed by atoms with Crippen LogP contribution in [0.4, 0.5) is 0 Å². The summed E-state index contributed by atoms with van der Waals surface area (Å²) in [4.78, 5) is 0. The molecule has 0 aliphatic carbocycles. The molecule has 68 valence electrons. The predicted octanol–water partition coefficient (Wildman–Crippen LogP) is -0.161. The molecule has 12 heavy (non-hydrogen) atoms. The van der Waals surface area contributed by atoms with Crippen LogP contribution in [0, 0.1) is 0 Å². The Bertz CT molecular complexity index is 124. The van der Waals surface area contributed by atoms with Crippen molar-refractivity contribution < 1.29 is 0 Å². The number of allylic oxidation sites excluding steroid dienone is 2. The van der Waals surface area contributed by atoms with Gasteiger partial charge in [-0.25, -0.2) is 0 Å². The molecule has 1 fully saturated rings. The van der Waals surface area contributed by atoms with Crippen molar-refractivity contribution in [3.8, 4) is 0 Å². The number of nitrogens with one attached hydrogen (secondary N) is 3. The van der Waals surface area contributed by atoms with Crippen molar-refractivity contribution in [1.29, 1.82) is 0 Å². The molecule has 1 saturated heterocycles. The summed E-state index contributed by atoms with van der Waals surface area (Å²) in [5, 5.41) is 9.46. The molecule has 0 spiro atoms. The van der Waals surface area contributed by atoms with E-state index in [4.69, 9.17) is 0 Å². The maximum atomic E-state index is 3.22. The molecule has 0 bridgehead atoms. The predicted molar refractivity (Wildman–Crippen MR) is 52.0 cm³/mol. The summed E-state index contributed by atoms with van der Waals surface area (Å²) < 4.78 is 0. The van der Waals surface area contributed by atoms with Gasteiger partial charge in [-0.1, -0.05) is 12.2 Å². The first-order valence-electron chi connectivity index (χ1n) is 4.46. The Labute approximate surface area is 73.9 Å². The summed E-state index contributed by atoms with van der Waals surface area (Å²) in [6.45, 7) is 5.54. The smallest absolute Gasteiger partial charge is 0.0328 e. The van der Waals surface area contributed by atoms with Crippen LogP contribution in [-0.2, 0) is 0 Å². The van der Waals surface area contributed by atoms with Crippen LogP contribution in [0.5, 0.6) is 0 Å². The fourth-order valence-corrected chi connectivity index (χ4v) is 1.01. The van der Waals surface area contributed by atoms with E-state index in [1.165, 1.54) is 0 Å². The van der Waals surface area contributed by atoms with Gasteiger partial charge in [0.2, 0.25) is 0 Å². The molecule has 0 aromatic carbocycles. The molecule has 2 aliphatic heterocycles. The van der Waals surface area contributed by atoms with Gasteiger partial charge in [0.1, 0.15) is 0 Å². The topological polar surface area (TPSA) is 36.1 Å². The maximum absolute atomic E-state index is 3.22. The third kappa shape index (κ3) is 4.93. The van der Waals surface area contributed by atoms with Crippen molar-refractivity contribution in [2.45, 2.75) is 0 Å². The van der Waals surface area contributed by atoms with E-state index in [1.54, 1.807) is 0 Å². The van der Waals surface area contributed by atoms with Crippen molar-refractivity contribution in [1.82, 2.24) is 16.0 Å². The molecular formula is C9H17N3. The number of piperazine rings is 1. The van der Waals surface area contributed by atoms with Crippen LogP contribution in [0.2, 0.25) is 0 Å². The van der Waals surface area contributed by atoms with Gasteiger partial charge in [-0.15, -0.1) is 0 Å². The zero-order valence-corrected chi connectivity index (χ0v) is 7.34. The summed E-state index contributed by atoms with van der Waals surface area (Å²) >= 11 is 0. The molecule has 2 rings (SSSR count). The average molecular weight is 167 g/mol. The van der Waals surface area contributed by atoms with Crippen LogP contribution in [0.25, 0.3) is 0 Å². The Kier molecular flexibility index (Phi) is 5.33. The highest BCUT2D eigenvalue weighted by atomic mass is 15.0. The Morgan fingerprint density at radius 2 is 1.50 bits per heavy atom. The minimum Gasteiger partial charge on any atom is -0.387 e. The Hall–Kier alpha value is -0.800. The van der Waals surface area contributed by atoms with Crippen molar-refractivity contribution in [2.75, 3.05) is 32.7 Å². The van der Waals surface area contributed by atoms with E-state index in [1.807, 2.05) is 18.4 Å². The van der Waals surface area contributed by atoms with Gasteiger partial charge < -0.3 is 16.0 Å². The molecular weight excluding hydrogens is 150 g/mol. The van der Waals surface area contributed by atoms with Gasteiger partial charge in [-0.05, 0) is 12.3 Å². The quantitative estimate of drug-likeness (QED) is 0.469. The Morgan fingerprint density at radius 1 is 0.833 bits per heavy atom.